The lowest BCUT2D eigenvalue weighted by Crippen LogP contribution is -2.07. The Morgan fingerprint density at radius 2 is 2.38 bits per heavy atom. The van der Waals surface area contributed by atoms with Crippen molar-refractivity contribution in [3.05, 3.63) is 27.7 Å². The zero-order valence-electron chi connectivity index (χ0n) is 9.14. The van der Waals surface area contributed by atoms with Gasteiger partial charge in [-0.25, -0.2) is 4.98 Å². The third-order valence-corrected chi connectivity index (χ3v) is 3.18. The molecule has 1 atom stereocenters. The van der Waals surface area contributed by atoms with Gasteiger partial charge in [-0.15, -0.1) is 0 Å². The molecule has 0 spiro atoms. The van der Waals surface area contributed by atoms with E-state index in [2.05, 4.69) is 27.6 Å². The fraction of sp³-hybridized carbons (Fsp3) is 0.364. The molecule has 5 heteroatoms. The van der Waals surface area contributed by atoms with Crippen molar-refractivity contribution >= 4 is 28.2 Å². The topological polar surface area (TPSA) is 46.8 Å². The van der Waals surface area contributed by atoms with Gasteiger partial charge in [-0.2, -0.15) is 0 Å². The molecule has 2 heterocycles. The van der Waals surface area contributed by atoms with Gasteiger partial charge in [0.1, 0.15) is 15.1 Å². The highest BCUT2D eigenvalue weighted by Crippen LogP contribution is 2.23. The Balaban J connectivity index is 2.56. The van der Waals surface area contributed by atoms with Gasteiger partial charge >= 0.3 is 0 Å². The van der Waals surface area contributed by atoms with Crippen LogP contribution in [0.15, 0.2) is 18.5 Å². The molecule has 0 saturated heterocycles. The molecular weight excluding hydrogens is 319 g/mol. The van der Waals surface area contributed by atoms with Crippen molar-refractivity contribution in [3.63, 3.8) is 0 Å². The predicted molar refractivity (Wildman–Crippen MR) is 69.8 cm³/mol. The molecule has 1 N–H and O–H groups in total. The molecule has 0 bridgehead atoms. The van der Waals surface area contributed by atoms with Crippen molar-refractivity contribution in [2.75, 3.05) is 7.11 Å². The Hall–Kier alpha value is -0.820. The number of aromatic nitrogens is 2. The van der Waals surface area contributed by atoms with Crippen LogP contribution in [0.4, 0.5) is 0 Å². The van der Waals surface area contributed by atoms with Crippen LogP contribution in [0.3, 0.4) is 0 Å². The summed E-state index contributed by atoms with van der Waals surface area (Å²) >= 11 is 2.22. The average Bonchev–Trinajstić information content (AvgIpc) is 2.58. The minimum Gasteiger partial charge on any atom is -0.496 e. The van der Waals surface area contributed by atoms with Gasteiger partial charge in [0.25, 0.3) is 0 Å². The molecule has 2 aromatic heterocycles. The molecule has 0 radical (unpaired) electrons. The van der Waals surface area contributed by atoms with Gasteiger partial charge in [0.05, 0.1) is 19.4 Å². The van der Waals surface area contributed by atoms with E-state index in [1.807, 2.05) is 22.9 Å². The summed E-state index contributed by atoms with van der Waals surface area (Å²) in [5, 5.41) is 9.44. The summed E-state index contributed by atoms with van der Waals surface area (Å²) in [6, 6.07) is 1.89. The molecule has 0 aliphatic carbocycles. The summed E-state index contributed by atoms with van der Waals surface area (Å²) in [5.74, 6) is 0.774. The van der Waals surface area contributed by atoms with Crippen LogP contribution in [0.5, 0.6) is 5.75 Å². The quantitative estimate of drug-likeness (QED) is 0.873. The third kappa shape index (κ3) is 2.15. The number of methoxy groups -OCH3 is 1. The molecule has 2 rings (SSSR count). The van der Waals surface area contributed by atoms with Crippen molar-refractivity contribution < 1.29 is 9.84 Å². The number of aliphatic hydroxyl groups excluding tert-OH is 1. The summed E-state index contributed by atoms with van der Waals surface area (Å²) in [5.41, 5.74) is 1.84. The van der Waals surface area contributed by atoms with Gasteiger partial charge in [0.15, 0.2) is 0 Å². The Morgan fingerprint density at radius 1 is 1.62 bits per heavy atom. The molecule has 0 aliphatic heterocycles. The number of fused-ring (bicyclic) bond motifs is 1. The SMILES string of the molecule is COc1cc2ncc(I)n2cc1CC(C)O. The van der Waals surface area contributed by atoms with Crippen LogP contribution in [0.25, 0.3) is 5.65 Å². The molecule has 0 fully saturated rings. The number of hydrogen-bond acceptors (Lipinski definition) is 3. The zero-order chi connectivity index (χ0) is 11.7. The van der Waals surface area contributed by atoms with Crippen LogP contribution in [0.1, 0.15) is 12.5 Å². The molecule has 16 heavy (non-hydrogen) atoms. The number of ether oxygens (including phenoxy) is 1. The summed E-state index contributed by atoms with van der Waals surface area (Å²) < 4.78 is 8.33. The maximum Gasteiger partial charge on any atom is 0.141 e. The second-order valence-electron chi connectivity index (χ2n) is 3.73. The lowest BCUT2D eigenvalue weighted by Gasteiger charge is -2.11. The van der Waals surface area contributed by atoms with Gasteiger partial charge in [-0.1, -0.05) is 0 Å². The normalized spacial score (nSPS) is 13.0. The standard InChI is InChI=1S/C11H13IN2O2/c1-7(15)3-8-6-14-10(12)5-13-11(14)4-9(8)16-2/h4-7,15H,3H2,1-2H3. The van der Waals surface area contributed by atoms with Crippen molar-refractivity contribution in [1.82, 2.24) is 9.38 Å². The van der Waals surface area contributed by atoms with E-state index in [-0.39, 0.29) is 6.10 Å². The number of hydrogen-bond donors (Lipinski definition) is 1. The number of nitrogens with zero attached hydrogens (tertiary/aromatic N) is 2. The number of imidazole rings is 1. The van der Waals surface area contributed by atoms with Gasteiger partial charge in [-0.3, -0.25) is 4.40 Å². The van der Waals surface area contributed by atoms with E-state index in [1.165, 1.54) is 0 Å². The third-order valence-electron chi connectivity index (χ3n) is 2.38. The fourth-order valence-corrected chi connectivity index (χ4v) is 2.20. The molecule has 2 aromatic rings. The monoisotopic (exact) mass is 332 g/mol. The van der Waals surface area contributed by atoms with Gasteiger partial charge in [0, 0.05) is 24.2 Å². The number of pyridine rings is 1. The zero-order valence-corrected chi connectivity index (χ0v) is 11.3. The van der Waals surface area contributed by atoms with Crippen molar-refractivity contribution in [3.8, 4) is 5.75 Å². The van der Waals surface area contributed by atoms with E-state index >= 15 is 0 Å². The van der Waals surface area contributed by atoms with Crippen LogP contribution >= 0.6 is 22.6 Å². The molecule has 0 aromatic carbocycles. The summed E-state index contributed by atoms with van der Waals surface area (Å²) in [4.78, 5) is 4.26. The van der Waals surface area contributed by atoms with Crippen LogP contribution < -0.4 is 4.74 Å². The first kappa shape index (κ1) is 11.7. The van der Waals surface area contributed by atoms with Crippen LogP contribution in [0.2, 0.25) is 0 Å². The molecule has 0 aliphatic rings. The van der Waals surface area contributed by atoms with Crippen LogP contribution in [-0.4, -0.2) is 27.7 Å². The Kier molecular flexibility index (Phi) is 3.34. The fourth-order valence-electron chi connectivity index (χ4n) is 1.68. The molecule has 0 amide bonds. The van der Waals surface area contributed by atoms with E-state index in [0.717, 1.165) is 20.7 Å². The first-order valence-electron chi connectivity index (χ1n) is 4.99. The van der Waals surface area contributed by atoms with E-state index in [1.54, 1.807) is 14.0 Å². The van der Waals surface area contributed by atoms with E-state index < -0.39 is 0 Å². The maximum atomic E-state index is 9.44. The minimum absolute atomic E-state index is 0.382. The van der Waals surface area contributed by atoms with Crippen LogP contribution in [-0.2, 0) is 6.42 Å². The first-order valence-corrected chi connectivity index (χ1v) is 6.07. The number of aliphatic hydroxyl groups is 1. The largest absolute Gasteiger partial charge is 0.496 e. The Labute approximate surface area is 107 Å². The minimum atomic E-state index is -0.382. The second kappa shape index (κ2) is 4.58. The van der Waals surface area contributed by atoms with Crippen LogP contribution in [0, 0.1) is 3.70 Å². The highest BCUT2D eigenvalue weighted by atomic mass is 127. The highest BCUT2D eigenvalue weighted by molar-refractivity contribution is 14.1. The second-order valence-corrected chi connectivity index (χ2v) is 4.83. The van der Waals surface area contributed by atoms with Crippen molar-refractivity contribution in [1.29, 1.82) is 0 Å². The molecular formula is C11H13IN2O2. The Morgan fingerprint density at radius 3 is 3.00 bits per heavy atom. The van der Waals surface area contributed by atoms with E-state index in [0.29, 0.717) is 6.42 Å². The molecule has 1 unspecified atom stereocenters. The number of halogens is 1. The average molecular weight is 332 g/mol. The summed E-state index contributed by atoms with van der Waals surface area (Å²) in [6.07, 6.45) is 3.97. The summed E-state index contributed by atoms with van der Waals surface area (Å²) in [7, 11) is 1.63. The molecule has 4 nitrogen and oxygen atoms in total. The van der Waals surface area contributed by atoms with Gasteiger partial charge < -0.3 is 9.84 Å². The van der Waals surface area contributed by atoms with Gasteiger partial charge in [0.2, 0.25) is 0 Å². The molecule has 86 valence electrons. The smallest absolute Gasteiger partial charge is 0.141 e. The highest BCUT2D eigenvalue weighted by Gasteiger charge is 2.10. The Bertz CT molecular complexity index is 508. The van der Waals surface area contributed by atoms with Crippen molar-refractivity contribution in [2.24, 2.45) is 0 Å². The van der Waals surface area contributed by atoms with Gasteiger partial charge in [-0.05, 0) is 29.5 Å². The summed E-state index contributed by atoms with van der Waals surface area (Å²) in [6.45, 7) is 1.77. The van der Waals surface area contributed by atoms with E-state index in [9.17, 15) is 5.11 Å². The predicted octanol–water partition coefficient (Wildman–Crippen LogP) is 1.87. The lowest BCUT2D eigenvalue weighted by atomic mass is 10.1. The number of rotatable bonds is 3. The maximum absolute atomic E-state index is 9.44. The van der Waals surface area contributed by atoms with E-state index in [4.69, 9.17) is 4.74 Å². The first-order chi connectivity index (χ1) is 7.61. The molecule has 0 saturated carbocycles. The lowest BCUT2D eigenvalue weighted by molar-refractivity contribution is 0.194. The van der Waals surface area contributed by atoms with Crippen molar-refractivity contribution in [2.45, 2.75) is 19.4 Å².